The van der Waals surface area contributed by atoms with Crippen molar-refractivity contribution in [3.63, 3.8) is 0 Å². The van der Waals surface area contributed by atoms with Crippen molar-refractivity contribution in [2.75, 3.05) is 28.6 Å². The van der Waals surface area contributed by atoms with Crippen molar-refractivity contribution in [3.05, 3.63) is 78.0 Å². The van der Waals surface area contributed by atoms with Gasteiger partial charge in [0.15, 0.2) is 0 Å². The molecule has 5 heteroatoms. The van der Waals surface area contributed by atoms with Gasteiger partial charge in [0.1, 0.15) is 5.82 Å². The zero-order valence-corrected chi connectivity index (χ0v) is 16.7. The third-order valence-corrected chi connectivity index (χ3v) is 5.20. The molecule has 0 saturated carbocycles. The summed E-state index contributed by atoms with van der Waals surface area (Å²) in [6.07, 6.45) is 5.55. The van der Waals surface area contributed by atoms with E-state index in [0.717, 1.165) is 30.2 Å². The Morgan fingerprint density at radius 3 is 2.21 bits per heavy atom. The van der Waals surface area contributed by atoms with Gasteiger partial charge in [0.25, 0.3) is 5.91 Å². The van der Waals surface area contributed by atoms with Crippen LogP contribution in [0.15, 0.2) is 66.9 Å². The molecular weight excluding hydrogens is 360 g/mol. The van der Waals surface area contributed by atoms with E-state index in [0.29, 0.717) is 11.3 Å². The SMILES string of the molecule is Cc1ccc(C(=O)Nc2ccc(Nc3ccc(N4CCCCC4)cc3)nc2)cc1. The molecular formula is C24H26N4O. The van der Waals surface area contributed by atoms with Gasteiger partial charge in [0.2, 0.25) is 0 Å². The van der Waals surface area contributed by atoms with Gasteiger partial charge in [-0.3, -0.25) is 4.79 Å². The van der Waals surface area contributed by atoms with Crippen molar-refractivity contribution in [1.29, 1.82) is 0 Å². The summed E-state index contributed by atoms with van der Waals surface area (Å²) in [6, 6.07) is 19.7. The Morgan fingerprint density at radius 1 is 0.862 bits per heavy atom. The average molecular weight is 386 g/mol. The van der Waals surface area contributed by atoms with Crippen molar-refractivity contribution in [2.24, 2.45) is 0 Å². The monoisotopic (exact) mass is 386 g/mol. The number of benzene rings is 2. The Kier molecular flexibility index (Phi) is 5.75. The predicted octanol–water partition coefficient (Wildman–Crippen LogP) is 5.38. The minimum atomic E-state index is -0.138. The summed E-state index contributed by atoms with van der Waals surface area (Å²) < 4.78 is 0. The molecule has 1 amide bonds. The molecule has 0 unspecified atom stereocenters. The van der Waals surface area contributed by atoms with Crippen LogP contribution >= 0.6 is 0 Å². The number of aromatic nitrogens is 1. The maximum Gasteiger partial charge on any atom is 0.255 e. The molecule has 1 aliphatic heterocycles. The molecule has 0 aliphatic carbocycles. The maximum absolute atomic E-state index is 12.3. The number of anilines is 4. The predicted molar refractivity (Wildman–Crippen MR) is 119 cm³/mol. The number of amides is 1. The van der Waals surface area contributed by atoms with Gasteiger partial charge in [0.05, 0.1) is 11.9 Å². The summed E-state index contributed by atoms with van der Waals surface area (Å²) >= 11 is 0. The molecule has 0 atom stereocenters. The number of rotatable bonds is 5. The second-order valence-electron chi connectivity index (χ2n) is 7.47. The zero-order chi connectivity index (χ0) is 20.1. The van der Waals surface area contributed by atoms with Crippen molar-refractivity contribution >= 4 is 28.8 Å². The third-order valence-electron chi connectivity index (χ3n) is 5.20. The first kappa shape index (κ1) is 19.0. The number of nitrogens with zero attached hydrogens (tertiary/aromatic N) is 2. The maximum atomic E-state index is 12.3. The van der Waals surface area contributed by atoms with Crippen LogP contribution in [0.5, 0.6) is 0 Å². The van der Waals surface area contributed by atoms with Crippen molar-refractivity contribution < 1.29 is 4.79 Å². The summed E-state index contributed by atoms with van der Waals surface area (Å²) in [7, 11) is 0. The quantitative estimate of drug-likeness (QED) is 0.618. The van der Waals surface area contributed by atoms with Gasteiger partial charge < -0.3 is 15.5 Å². The number of hydrogen-bond donors (Lipinski definition) is 2. The van der Waals surface area contributed by atoms with Gasteiger partial charge in [-0.05, 0) is 74.7 Å². The zero-order valence-electron chi connectivity index (χ0n) is 16.7. The fourth-order valence-corrected chi connectivity index (χ4v) is 3.51. The first-order valence-corrected chi connectivity index (χ1v) is 10.1. The lowest BCUT2D eigenvalue weighted by atomic mass is 10.1. The molecule has 4 rings (SSSR count). The van der Waals surface area contributed by atoms with E-state index in [-0.39, 0.29) is 5.91 Å². The first-order chi connectivity index (χ1) is 14.2. The summed E-state index contributed by atoms with van der Waals surface area (Å²) in [6.45, 7) is 4.28. The van der Waals surface area contributed by atoms with E-state index in [2.05, 4.69) is 44.8 Å². The smallest absolute Gasteiger partial charge is 0.255 e. The molecule has 148 valence electrons. The number of carbonyl (C=O) groups excluding carboxylic acids is 1. The largest absolute Gasteiger partial charge is 0.372 e. The minimum Gasteiger partial charge on any atom is -0.372 e. The molecule has 0 radical (unpaired) electrons. The van der Waals surface area contributed by atoms with Crippen molar-refractivity contribution in [3.8, 4) is 0 Å². The minimum absolute atomic E-state index is 0.138. The van der Waals surface area contributed by atoms with E-state index in [9.17, 15) is 4.79 Å². The van der Waals surface area contributed by atoms with Crippen molar-refractivity contribution in [2.45, 2.75) is 26.2 Å². The fraction of sp³-hybridized carbons (Fsp3) is 0.250. The Bertz CT molecular complexity index is 944. The van der Waals surface area contributed by atoms with Crippen molar-refractivity contribution in [1.82, 2.24) is 4.98 Å². The highest BCUT2D eigenvalue weighted by Gasteiger charge is 2.10. The molecule has 3 aromatic rings. The Labute approximate surface area is 171 Å². The molecule has 2 aromatic carbocycles. The van der Waals surface area contributed by atoms with Crippen LogP contribution in [-0.2, 0) is 0 Å². The topological polar surface area (TPSA) is 57.3 Å². The Morgan fingerprint density at radius 2 is 1.55 bits per heavy atom. The highest BCUT2D eigenvalue weighted by Crippen LogP contribution is 2.23. The molecule has 29 heavy (non-hydrogen) atoms. The number of hydrogen-bond acceptors (Lipinski definition) is 4. The standard InChI is InChI=1S/C24H26N4O/c1-18-5-7-19(8-6-18)24(29)27-21-11-14-23(25-17-21)26-20-9-12-22(13-10-20)28-15-3-2-4-16-28/h5-14,17H,2-4,15-16H2,1H3,(H,25,26)(H,27,29). The van der Waals surface area contributed by atoms with Gasteiger partial charge in [0, 0.05) is 30.0 Å². The van der Waals surface area contributed by atoms with Gasteiger partial charge in [-0.2, -0.15) is 0 Å². The molecule has 1 aliphatic rings. The summed E-state index contributed by atoms with van der Waals surface area (Å²) in [5, 5.41) is 6.19. The van der Waals surface area contributed by atoms with Gasteiger partial charge in [-0.15, -0.1) is 0 Å². The lowest BCUT2D eigenvalue weighted by Crippen LogP contribution is -2.29. The molecule has 2 N–H and O–H groups in total. The van der Waals surface area contributed by atoms with Crippen LogP contribution in [-0.4, -0.2) is 24.0 Å². The van der Waals surface area contributed by atoms with Crippen LogP contribution in [0, 0.1) is 6.92 Å². The van der Waals surface area contributed by atoms with E-state index < -0.39 is 0 Å². The van der Waals surface area contributed by atoms with Gasteiger partial charge >= 0.3 is 0 Å². The number of pyridine rings is 1. The molecule has 5 nitrogen and oxygen atoms in total. The van der Waals surface area contributed by atoms with E-state index in [1.807, 2.05) is 43.3 Å². The molecule has 1 saturated heterocycles. The van der Waals surface area contributed by atoms with Crippen LogP contribution in [0.2, 0.25) is 0 Å². The second-order valence-corrected chi connectivity index (χ2v) is 7.47. The van der Waals surface area contributed by atoms with E-state index >= 15 is 0 Å². The van der Waals surface area contributed by atoms with E-state index in [4.69, 9.17) is 0 Å². The highest BCUT2D eigenvalue weighted by molar-refractivity contribution is 6.04. The number of carbonyl (C=O) groups is 1. The lowest BCUT2D eigenvalue weighted by molar-refractivity contribution is 0.102. The number of aryl methyl sites for hydroxylation is 1. The van der Waals surface area contributed by atoms with E-state index in [1.165, 1.54) is 24.9 Å². The van der Waals surface area contributed by atoms with Crippen LogP contribution in [0.1, 0.15) is 35.2 Å². The molecule has 0 spiro atoms. The van der Waals surface area contributed by atoms with Gasteiger partial charge in [-0.25, -0.2) is 4.98 Å². The molecule has 2 heterocycles. The van der Waals surface area contributed by atoms with Crippen LogP contribution in [0.4, 0.5) is 22.9 Å². The van der Waals surface area contributed by atoms with Crippen LogP contribution in [0.3, 0.4) is 0 Å². The number of nitrogens with one attached hydrogen (secondary N) is 2. The van der Waals surface area contributed by atoms with E-state index in [1.54, 1.807) is 6.20 Å². The Hall–Kier alpha value is -3.34. The fourth-order valence-electron chi connectivity index (χ4n) is 3.51. The summed E-state index contributed by atoms with van der Waals surface area (Å²) in [5.74, 6) is 0.602. The summed E-state index contributed by atoms with van der Waals surface area (Å²) in [5.41, 5.74) is 4.70. The normalized spacial score (nSPS) is 13.8. The van der Waals surface area contributed by atoms with Crippen LogP contribution in [0.25, 0.3) is 0 Å². The van der Waals surface area contributed by atoms with Crippen LogP contribution < -0.4 is 15.5 Å². The number of piperidine rings is 1. The third kappa shape index (κ3) is 4.93. The molecule has 1 fully saturated rings. The molecule has 0 bridgehead atoms. The lowest BCUT2D eigenvalue weighted by Gasteiger charge is -2.28. The van der Waals surface area contributed by atoms with Gasteiger partial charge in [-0.1, -0.05) is 17.7 Å². The average Bonchev–Trinajstić information content (AvgIpc) is 2.77. The highest BCUT2D eigenvalue weighted by atomic mass is 16.1. The molecule has 1 aromatic heterocycles. The summed E-state index contributed by atoms with van der Waals surface area (Å²) in [4.78, 5) is 19.2. The Balaban J connectivity index is 1.35. The second kappa shape index (κ2) is 8.78. The first-order valence-electron chi connectivity index (χ1n) is 10.1.